The lowest BCUT2D eigenvalue weighted by atomic mass is 10.1. The standard InChI is InChI=1S/C14H12N2O3/c1-8-7-10(15-19-8)12-13(17)9-5-3-4-6-11(9)16(2)14(12)18/h3-7,17H,1-2H3. The van der Waals surface area contributed by atoms with Gasteiger partial charge in [-0.05, 0) is 19.1 Å². The molecule has 0 aliphatic carbocycles. The summed E-state index contributed by atoms with van der Waals surface area (Å²) < 4.78 is 6.47. The van der Waals surface area contributed by atoms with Crippen molar-refractivity contribution in [3.8, 4) is 17.0 Å². The molecule has 0 saturated carbocycles. The zero-order valence-corrected chi connectivity index (χ0v) is 10.5. The van der Waals surface area contributed by atoms with E-state index in [1.807, 2.05) is 12.1 Å². The van der Waals surface area contributed by atoms with Gasteiger partial charge in [0.25, 0.3) is 5.56 Å². The molecular weight excluding hydrogens is 244 g/mol. The molecule has 0 atom stereocenters. The third kappa shape index (κ3) is 1.62. The number of aromatic nitrogens is 2. The van der Waals surface area contributed by atoms with Crippen LogP contribution in [0, 0.1) is 6.92 Å². The van der Waals surface area contributed by atoms with Crippen molar-refractivity contribution < 1.29 is 9.63 Å². The minimum Gasteiger partial charge on any atom is -0.506 e. The molecule has 5 nitrogen and oxygen atoms in total. The Morgan fingerprint density at radius 2 is 2.05 bits per heavy atom. The fourth-order valence-corrected chi connectivity index (χ4v) is 2.19. The van der Waals surface area contributed by atoms with E-state index in [-0.39, 0.29) is 16.9 Å². The second-order valence-corrected chi connectivity index (χ2v) is 4.43. The lowest BCUT2D eigenvalue weighted by molar-refractivity contribution is 0.399. The molecule has 0 fully saturated rings. The van der Waals surface area contributed by atoms with E-state index < -0.39 is 0 Å². The number of para-hydroxylation sites is 1. The number of pyridine rings is 1. The number of fused-ring (bicyclic) bond motifs is 1. The van der Waals surface area contributed by atoms with Crippen LogP contribution in [0.2, 0.25) is 0 Å². The molecule has 3 rings (SSSR count). The van der Waals surface area contributed by atoms with Crippen molar-refractivity contribution in [2.75, 3.05) is 0 Å². The average molecular weight is 256 g/mol. The zero-order valence-electron chi connectivity index (χ0n) is 10.5. The number of nitrogens with zero attached hydrogens (tertiary/aromatic N) is 2. The smallest absolute Gasteiger partial charge is 0.264 e. The predicted molar refractivity (Wildman–Crippen MR) is 71.1 cm³/mol. The van der Waals surface area contributed by atoms with E-state index in [2.05, 4.69) is 5.16 Å². The maximum Gasteiger partial charge on any atom is 0.264 e. The van der Waals surface area contributed by atoms with Crippen LogP contribution in [0.5, 0.6) is 5.75 Å². The van der Waals surface area contributed by atoms with Gasteiger partial charge >= 0.3 is 0 Å². The van der Waals surface area contributed by atoms with Gasteiger partial charge in [0.1, 0.15) is 22.8 Å². The molecule has 1 N–H and O–H groups in total. The molecular formula is C14H12N2O3. The highest BCUT2D eigenvalue weighted by atomic mass is 16.5. The third-order valence-corrected chi connectivity index (χ3v) is 3.16. The molecule has 5 heteroatoms. The molecule has 0 spiro atoms. The Morgan fingerprint density at radius 1 is 1.32 bits per heavy atom. The van der Waals surface area contributed by atoms with Gasteiger partial charge in [0.2, 0.25) is 0 Å². The van der Waals surface area contributed by atoms with E-state index in [0.717, 1.165) is 0 Å². The first kappa shape index (κ1) is 11.5. The van der Waals surface area contributed by atoms with E-state index in [1.165, 1.54) is 4.57 Å². The van der Waals surface area contributed by atoms with Crippen molar-refractivity contribution >= 4 is 10.9 Å². The Bertz CT molecular complexity index is 830. The Balaban J connectivity index is 2.46. The molecule has 0 amide bonds. The van der Waals surface area contributed by atoms with Crippen LogP contribution >= 0.6 is 0 Å². The summed E-state index contributed by atoms with van der Waals surface area (Å²) in [5.41, 5.74) is 0.887. The maximum atomic E-state index is 12.3. The second kappa shape index (κ2) is 3.98. The first-order chi connectivity index (χ1) is 9.09. The summed E-state index contributed by atoms with van der Waals surface area (Å²) in [6, 6.07) is 8.81. The average Bonchev–Trinajstić information content (AvgIpc) is 2.83. The molecule has 19 heavy (non-hydrogen) atoms. The van der Waals surface area contributed by atoms with Crippen LogP contribution in [0.1, 0.15) is 5.76 Å². The highest BCUT2D eigenvalue weighted by Gasteiger charge is 2.18. The quantitative estimate of drug-likeness (QED) is 0.724. The van der Waals surface area contributed by atoms with Crippen LogP contribution < -0.4 is 5.56 Å². The van der Waals surface area contributed by atoms with E-state index in [0.29, 0.717) is 22.4 Å². The number of hydrogen-bond donors (Lipinski definition) is 1. The summed E-state index contributed by atoms with van der Waals surface area (Å²) in [5.74, 6) is 0.525. The SMILES string of the molecule is Cc1cc(-c2c(O)c3ccccc3n(C)c2=O)no1. The van der Waals surface area contributed by atoms with Crippen LogP contribution in [0.25, 0.3) is 22.2 Å². The molecule has 0 aliphatic heterocycles. The lowest BCUT2D eigenvalue weighted by Crippen LogP contribution is -2.19. The van der Waals surface area contributed by atoms with Gasteiger partial charge < -0.3 is 14.2 Å². The topological polar surface area (TPSA) is 68.3 Å². The molecule has 0 aliphatic rings. The maximum absolute atomic E-state index is 12.3. The molecule has 1 aromatic carbocycles. The van der Waals surface area contributed by atoms with Crippen LogP contribution in [-0.2, 0) is 7.05 Å². The van der Waals surface area contributed by atoms with Crippen molar-refractivity contribution in [3.05, 3.63) is 46.4 Å². The Labute approximate surface area is 108 Å². The monoisotopic (exact) mass is 256 g/mol. The Kier molecular flexibility index (Phi) is 2.41. The van der Waals surface area contributed by atoms with E-state index in [9.17, 15) is 9.90 Å². The van der Waals surface area contributed by atoms with Crippen LogP contribution in [0.15, 0.2) is 39.6 Å². The minimum atomic E-state index is -0.301. The van der Waals surface area contributed by atoms with Gasteiger partial charge in [-0.1, -0.05) is 17.3 Å². The van der Waals surface area contributed by atoms with E-state index >= 15 is 0 Å². The highest BCUT2D eigenvalue weighted by Crippen LogP contribution is 2.32. The van der Waals surface area contributed by atoms with Gasteiger partial charge in [0, 0.05) is 18.5 Å². The number of benzene rings is 1. The first-order valence-corrected chi connectivity index (χ1v) is 5.84. The van der Waals surface area contributed by atoms with E-state index in [4.69, 9.17) is 4.52 Å². The summed E-state index contributed by atoms with van der Waals surface area (Å²) in [7, 11) is 1.67. The van der Waals surface area contributed by atoms with Gasteiger partial charge in [0.15, 0.2) is 0 Å². The molecule has 2 aromatic heterocycles. The van der Waals surface area contributed by atoms with Gasteiger partial charge in [0.05, 0.1) is 5.52 Å². The van der Waals surface area contributed by atoms with Crippen molar-refractivity contribution in [1.29, 1.82) is 0 Å². The predicted octanol–water partition coefficient (Wildman–Crippen LogP) is 2.21. The molecule has 2 heterocycles. The Hall–Kier alpha value is -2.56. The van der Waals surface area contributed by atoms with Gasteiger partial charge in [-0.3, -0.25) is 4.79 Å². The lowest BCUT2D eigenvalue weighted by Gasteiger charge is -2.09. The van der Waals surface area contributed by atoms with Gasteiger partial charge in [-0.15, -0.1) is 0 Å². The molecule has 0 unspecified atom stereocenters. The third-order valence-electron chi connectivity index (χ3n) is 3.16. The van der Waals surface area contributed by atoms with Crippen LogP contribution in [-0.4, -0.2) is 14.8 Å². The van der Waals surface area contributed by atoms with Gasteiger partial charge in [-0.25, -0.2) is 0 Å². The summed E-state index contributed by atoms with van der Waals surface area (Å²) >= 11 is 0. The summed E-state index contributed by atoms with van der Waals surface area (Å²) in [5, 5.41) is 14.7. The fourth-order valence-electron chi connectivity index (χ4n) is 2.19. The molecule has 96 valence electrons. The van der Waals surface area contributed by atoms with Crippen molar-refractivity contribution in [2.45, 2.75) is 6.92 Å². The molecule has 0 saturated heterocycles. The second-order valence-electron chi connectivity index (χ2n) is 4.43. The number of aromatic hydroxyl groups is 1. The number of aryl methyl sites for hydroxylation is 2. The summed E-state index contributed by atoms with van der Waals surface area (Å²) in [6.07, 6.45) is 0. The molecule has 3 aromatic rings. The minimum absolute atomic E-state index is 0.0630. The van der Waals surface area contributed by atoms with Crippen molar-refractivity contribution in [2.24, 2.45) is 7.05 Å². The fraction of sp³-hybridized carbons (Fsp3) is 0.143. The van der Waals surface area contributed by atoms with Crippen LogP contribution in [0.4, 0.5) is 0 Å². The van der Waals surface area contributed by atoms with Crippen molar-refractivity contribution in [1.82, 2.24) is 9.72 Å². The molecule has 0 bridgehead atoms. The molecule has 0 radical (unpaired) electrons. The van der Waals surface area contributed by atoms with Crippen molar-refractivity contribution in [3.63, 3.8) is 0 Å². The normalized spacial score (nSPS) is 11.1. The van der Waals surface area contributed by atoms with E-state index in [1.54, 1.807) is 32.2 Å². The summed E-state index contributed by atoms with van der Waals surface area (Å²) in [6.45, 7) is 1.74. The largest absolute Gasteiger partial charge is 0.506 e. The first-order valence-electron chi connectivity index (χ1n) is 5.84. The zero-order chi connectivity index (χ0) is 13.6. The summed E-state index contributed by atoms with van der Waals surface area (Å²) in [4.78, 5) is 12.3. The van der Waals surface area contributed by atoms with Gasteiger partial charge in [-0.2, -0.15) is 0 Å². The highest BCUT2D eigenvalue weighted by molar-refractivity contribution is 5.91. The Morgan fingerprint density at radius 3 is 2.74 bits per heavy atom. The number of hydrogen-bond acceptors (Lipinski definition) is 4. The van der Waals surface area contributed by atoms with Crippen LogP contribution in [0.3, 0.4) is 0 Å². The number of rotatable bonds is 1.